The molecule has 90 valence electrons. The fraction of sp³-hybridized carbons (Fsp3) is 0.357. The Kier molecular flexibility index (Phi) is 3.18. The van der Waals surface area contributed by atoms with Crippen LogP contribution in [0.1, 0.15) is 20.8 Å². The Bertz CT molecular complexity index is 520. The monoisotopic (exact) mass is 229 g/mol. The number of pyridine rings is 1. The normalized spacial score (nSPS) is 11.1. The van der Waals surface area contributed by atoms with E-state index in [1.54, 1.807) is 0 Å². The number of nitrogens with two attached hydrogens (primary N) is 1. The second-order valence-corrected chi connectivity index (χ2v) is 4.45. The highest BCUT2D eigenvalue weighted by Crippen LogP contribution is 2.29. The number of para-hydroxylation sites is 1. The van der Waals surface area contributed by atoms with Gasteiger partial charge >= 0.3 is 0 Å². The van der Waals surface area contributed by atoms with E-state index in [1.165, 1.54) is 5.69 Å². The van der Waals surface area contributed by atoms with E-state index in [4.69, 9.17) is 5.73 Å². The molecule has 1 aromatic carbocycles. The molecule has 17 heavy (non-hydrogen) atoms. The van der Waals surface area contributed by atoms with Gasteiger partial charge in [0.05, 0.1) is 11.2 Å². The molecule has 0 amide bonds. The Balaban J connectivity index is 2.65. The number of benzene rings is 1. The third kappa shape index (κ3) is 2.05. The molecule has 3 heteroatoms. The van der Waals surface area contributed by atoms with E-state index in [2.05, 4.69) is 42.8 Å². The molecule has 0 unspecified atom stereocenters. The minimum absolute atomic E-state index is 0.465. The van der Waals surface area contributed by atoms with Crippen molar-refractivity contribution >= 4 is 22.3 Å². The summed E-state index contributed by atoms with van der Waals surface area (Å²) in [7, 11) is 0. The van der Waals surface area contributed by atoms with Crippen LogP contribution in [0.2, 0.25) is 0 Å². The molecular formula is C14H19N3. The molecule has 2 rings (SSSR count). The lowest BCUT2D eigenvalue weighted by atomic mass is 10.1. The molecule has 0 fully saturated rings. The van der Waals surface area contributed by atoms with Crippen LogP contribution in [-0.4, -0.2) is 17.6 Å². The molecule has 0 aliphatic rings. The Labute approximate surface area is 102 Å². The number of nitrogen functional groups attached to an aromatic ring is 1. The average Bonchev–Trinajstić information content (AvgIpc) is 2.31. The summed E-state index contributed by atoms with van der Waals surface area (Å²) in [5, 5.41) is 1.13. The van der Waals surface area contributed by atoms with Gasteiger partial charge < -0.3 is 10.6 Å². The maximum absolute atomic E-state index is 5.96. The van der Waals surface area contributed by atoms with Crippen molar-refractivity contribution in [1.82, 2.24) is 4.98 Å². The molecule has 0 aliphatic carbocycles. The third-order valence-corrected chi connectivity index (χ3v) is 3.05. The minimum atomic E-state index is 0.465. The van der Waals surface area contributed by atoms with Gasteiger partial charge in [0.15, 0.2) is 0 Å². The number of aromatic nitrogens is 1. The van der Waals surface area contributed by atoms with Crippen LogP contribution in [0.3, 0.4) is 0 Å². The van der Waals surface area contributed by atoms with E-state index in [9.17, 15) is 0 Å². The van der Waals surface area contributed by atoms with Crippen LogP contribution in [-0.2, 0) is 0 Å². The summed E-state index contributed by atoms with van der Waals surface area (Å²) in [6, 6.07) is 8.48. The van der Waals surface area contributed by atoms with Crippen molar-refractivity contribution in [1.29, 1.82) is 0 Å². The predicted octanol–water partition coefficient (Wildman–Crippen LogP) is 3.05. The Morgan fingerprint density at radius 3 is 2.71 bits per heavy atom. The summed E-state index contributed by atoms with van der Waals surface area (Å²) in [5.74, 6) is 0. The zero-order valence-electron chi connectivity index (χ0n) is 10.6. The highest BCUT2D eigenvalue weighted by Gasteiger charge is 2.12. The van der Waals surface area contributed by atoms with Crippen LogP contribution >= 0.6 is 0 Å². The molecule has 3 nitrogen and oxygen atoms in total. The van der Waals surface area contributed by atoms with Crippen LogP contribution in [0.4, 0.5) is 11.4 Å². The Morgan fingerprint density at radius 1 is 1.29 bits per heavy atom. The highest BCUT2D eigenvalue weighted by atomic mass is 15.1. The summed E-state index contributed by atoms with van der Waals surface area (Å²) >= 11 is 0. The quantitative estimate of drug-likeness (QED) is 0.822. The van der Waals surface area contributed by atoms with E-state index in [0.717, 1.165) is 23.1 Å². The van der Waals surface area contributed by atoms with Crippen LogP contribution in [0.5, 0.6) is 0 Å². The van der Waals surface area contributed by atoms with Gasteiger partial charge in [0.25, 0.3) is 0 Å². The topological polar surface area (TPSA) is 42.2 Å². The SMILES string of the molecule is CCN(c1ccnc2c(N)cccc12)C(C)C. The molecule has 1 heterocycles. The lowest BCUT2D eigenvalue weighted by molar-refractivity contribution is 0.706. The molecule has 2 aromatic rings. The van der Waals surface area contributed by atoms with Gasteiger partial charge in [-0.3, -0.25) is 4.98 Å². The van der Waals surface area contributed by atoms with Gasteiger partial charge in [-0.05, 0) is 32.9 Å². The van der Waals surface area contributed by atoms with Crippen LogP contribution in [0.25, 0.3) is 10.9 Å². The standard InChI is InChI=1S/C14H19N3/c1-4-17(10(2)3)13-8-9-16-14-11(13)6-5-7-12(14)15/h5-10H,4,15H2,1-3H3. The van der Waals surface area contributed by atoms with Crippen molar-refractivity contribution in [3.63, 3.8) is 0 Å². The predicted molar refractivity (Wildman–Crippen MR) is 74.3 cm³/mol. The first-order chi connectivity index (χ1) is 8.15. The van der Waals surface area contributed by atoms with Crippen molar-refractivity contribution in [2.45, 2.75) is 26.8 Å². The van der Waals surface area contributed by atoms with Crippen molar-refractivity contribution in [3.05, 3.63) is 30.5 Å². The molecule has 0 atom stereocenters. The van der Waals surface area contributed by atoms with Crippen LogP contribution in [0.15, 0.2) is 30.5 Å². The second kappa shape index (κ2) is 4.62. The van der Waals surface area contributed by atoms with Gasteiger partial charge in [0.2, 0.25) is 0 Å². The summed E-state index contributed by atoms with van der Waals surface area (Å²) in [4.78, 5) is 6.72. The molecule has 0 radical (unpaired) electrons. The number of hydrogen-bond acceptors (Lipinski definition) is 3. The first kappa shape index (κ1) is 11.7. The van der Waals surface area contributed by atoms with Gasteiger partial charge in [-0.15, -0.1) is 0 Å². The summed E-state index contributed by atoms with van der Waals surface area (Å²) in [5.41, 5.74) is 8.80. The number of fused-ring (bicyclic) bond motifs is 1. The van der Waals surface area contributed by atoms with E-state index < -0.39 is 0 Å². The number of rotatable bonds is 3. The second-order valence-electron chi connectivity index (χ2n) is 4.45. The molecule has 0 spiro atoms. The molecular weight excluding hydrogens is 210 g/mol. The maximum atomic E-state index is 5.96. The lowest BCUT2D eigenvalue weighted by Gasteiger charge is -2.28. The van der Waals surface area contributed by atoms with Gasteiger partial charge in [-0.25, -0.2) is 0 Å². The van der Waals surface area contributed by atoms with Gasteiger partial charge in [-0.1, -0.05) is 12.1 Å². The first-order valence-electron chi connectivity index (χ1n) is 6.05. The zero-order valence-corrected chi connectivity index (χ0v) is 10.6. The Hall–Kier alpha value is -1.77. The first-order valence-corrected chi connectivity index (χ1v) is 6.05. The van der Waals surface area contributed by atoms with Gasteiger partial charge in [0, 0.05) is 29.9 Å². The zero-order chi connectivity index (χ0) is 12.4. The van der Waals surface area contributed by atoms with E-state index in [0.29, 0.717) is 6.04 Å². The van der Waals surface area contributed by atoms with Crippen LogP contribution in [0, 0.1) is 0 Å². The smallest absolute Gasteiger partial charge is 0.0951 e. The largest absolute Gasteiger partial charge is 0.397 e. The Morgan fingerprint density at radius 2 is 2.06 bits per heavy atom. The van der Waals surface area contributed by atoms with E-state index in [-0.39, 0.29) is 0 Å². The fourth-order valence-electron chi connectivity index (χ4n) is 2.25. The van der Waals surface area contributed by atoms with Crippen LogP contribution < -0.4 is 10.6 Å². The minimum Gasteiger partial charge on any atom is -0.397 e. The fourth-order valence-corrected chi connectivity index (χ4v) is 2.25. The van der Waals surface area contributed by atoms with Gasteiger partial charge in [0.1, 0.15) is 0 Å². The summed E-state index contributed by atoms with van der Waals surface area (Å²) in [6.45, 7) is 7.54. The van der Waals surface area contributed by atoms with Crippen molar-refractivity contribution in [2.24, 2.45) is 0 Å². The molecule has 0 saturated heterocycles. The number of hydrogen-bond donors (Lipinski definition) is 1. The maximum Gasteiger partial charge on any atom is 0.0951 e. The van der Waals surface area contributed by atoms with Gasteiger partial charge in [-0.2, -0.15) is 0 Å². The average molecular weight is 229 g/mol. The highest BCUT2D eigenvalue weighted by molar-refractivity contribution is 5.98. The number of nitrogens with zero attached hydrogens (tertiary/aromatic N) is 2. The molecule has 0 aliphatic heterocycles. The third-order valence-electron chi connectivity index (χ3n) is 3.05. The molecule has 1 aromatic heterocycles. The van der Waals surface area contributed by atoms with Crippen molar-refractivity contribution in [3.8, 4) is 0 Å². The summed E-state index contributed by atoms with van der Waals surface area (Å²) in [6.07, 6.45) is 1.83. The molecule has 0 saturated carbocycles. The van der Waals surface area contributed by atoms with Crippen molar-refractivity contribution < 1.29 is 0 Å². The molecule has 2 N–H and O–H groups in total. The lowest BCUT2D eigenvalue weighted by Crippen LogP contribution is -2.30. The van der Waals surface area contributed by atoms with E-state index in [1.807, 2.05) is 18.3 Å². The summed E-state index contributed by atoms with van der Waals surface area (Å²) < 4.78 is 0. The molecule has 0 bridgehead atoms. The van der Waals surface area contributed by atoms with Crippen molar-refractivity contribution in [2.75, 3.05) is 17.2 Å². The van der Waals surface area contributed by atoms with E-state index >= 15 is 0 Å². The number of anilines is 2.